The van der Waals surface area contributed by atoms with Gasteiger partial charge >= 0.3 is 0 Å². The lowest BCUT2D eigenvalue weighted by atomic mass is 10.2. The first-order valence-electron chi connectivity index (χ1n) is 4.81. The summed E-state index contributed by atoms with van der Waals surface area (Å²) in [4.78, 5) is 4.95. The molecule has 0 aliphatic rings. The van der Waals surface area contributed by atoms with E-state index in [4.69, 9.17) is 0 Å². The molecule has 0 saturated heterocycles. The van der Waals surface area contributed by atoms with Crippen molar-refractivity contribution in [3.05, 3.63) is 49.8 Å². The Balaban J connectivity index is 0. The van der Waals surface area contributed by atoms with Crippen molar-refractivity contribution in [3.8, 4) is 0 Å². The van der Waals surface area contributed by atoms with Crippen LogP contribution in [0.3, 0.4) is 0 Å². The molecule has 0 saturated carbocycles. The zero-order chi connectivity index (χ0) is 12.3. The van der Waals surface area contributed by atoms with E-state index in [0.717, 1.165) is 10.6 Å². The van der Waals surface area contributed by atoms with Gasteiger partial charge in [-0.25, -0.2) is 0 Å². The quantitative estimate of drug-likeness (QED) is 0.553. The molecule has 1 rings (SSSR count). The minimum absolute atomic E-state index is 0.648. The highest BCUT2D eigenvalue weighted by Gasteiger charge is 1.86. The fraction of sp³-hybridized carbons (Fsp3) is 0.308. The summed E-state index contributed by atoms with van der Waals surface area (Å²) in [5.41, 5.74) is 0.982. The summed E-state index contributed by atoms with van der Waals surface area (Å²) in [7, 11) is 0. The van der Waals surface area contributed by atoms with Gasteiger partial charge in [-0.05, 0) is 25.0 Å². The molecule has 0 atom stereocenters. The molecule has 0 aromatic carbocycles. The van der Waals surface area contributed by atoms with Crippen molar-refractivity contribution >= 4 is 12.6 Å². The zero-order valence-corrected chi connectivity index (χ0v) is 10.8. The topological polar surface area (TPSA) is 12.9 Å². The van der Waals surface area contributed by atoms with Gasteiger partial charge in [-0.3, -0.25) is 4.98 Å². The molecule has 1 heterocycles. The molecular formula is C13H21NS. The number of nitrogens with zero attached hydrogens (tertiary/aromatic N) is 1. The van der Waals surface area contributed by atoms with E-state index in [1.165, 1.54) is 0 Å². The van der Waals surface area contributed by atoms with Crippen molar-refractivity contribution in [1.29, 1.82) is 0 Å². The van der Waals surface area contributed by atoms with Gasteiger partial charge in [0.2, 0.25) is 0 Å². The van der Waals surface area contributed by atoms with Gasteiger partial charge in [0, 0.05) is 11.1 Å². The Morgan fingerprint density at radius 3 is 2.07 bits per heavy atom. The lowest BCUT2D eigenvalue weighted by molar-refractivity contribution is 0.835. The number of hydrogen-bond acceptors (Lipinski definition) is 2. The summed E-state index contributed by atoms with van der Waals surface area (Å²) in [5.74, 6) is 0.648. The van der Waals surface area contributed by atoms with Gasteiger partial charge in [0.1, 0.15) is 0 Å². The fourth-order valence-corrected chi connectivity index (χ4v) is 0.620. The molecule has 0 radical (unpaired) electrons. The fourth-order valence-electron chi connectivity index (χ4n) is 0.476. The Morgan fingerprint density at radius 1 is 1.40 bits per heavy atom. The highest BCUT2D eigenvalue weighted by molar-refractivity contribution is 7.80. The van der Waals surface area contributed by atoms with Gasteiger partial charge < -0.3 is 0 Å². The molecule has 2 heteroatoms. The first kappa shape index (κ1) is 16.4. The smallest absolute Gasteiger partial charge is 0.0505 e. The second kappa shape index (κ2) is 11.1. The third-order valence-corrected chi connectivity index (χ3v) is 1.92. The van der Waals surface area contributed by atoms with Crippen molar-refractivity contribution in [2.45, 2.75) is 25.7 Å². The van der Waals surface area contributed by atoms with Crippen LogP contribution < -0.4 is 0 Å². The molecule has 0 aliphatic heterocycles. The van der Waals surface area contributed by atoms with Gasteiger partial charge in [-0.15, -0.1) is 32.4 Å². The molecule has 1 nitrogen and oxygen atoms in total. The van der Waals surface area contributed by atoms with E-state index in [1.807, 2.05) is 25.1 Å². The summed E-state index contributed by atoms with van der Waals surface area (Å²) in [6.45, 7) is 15.7. The lowest BCUT2D eigenvalue weighted by Crippen LogP contribution is -1.78. The molecule has 0 unspecified atom stereocenters. The molecule has 0 amide bonds. The number of thiol groups is 1. The molecule has 0 fully saturated rings. The van der Waals surface area contributed by atoms with Crippen molar-refractivity contribution in [1.82, 2.24) is 4.98 Å². The van der Waals surface area contributed by atoms with Crippen LogP contribution in [0.1, 0.15) is 19.5 Å². The maximum Gasteiger partial charge on any atom is 0.0505 e. The standard InChI is InChI=1S/C6H7NS.C5H10.C2H4/c1-5-6(8)3-2-4-7-5;1-4-5(2)3;1-2/h2-4,8H,1H3;4-5H,1H2,2-3H3;1-2H2. The Labute approximate surface area is 99.4 Å². The van der Waals surface area contributed by atoms with E-state index < -0.39 is 0 Å². The number of aromatic nitrogens is 1. The van der Waals surface area contributed by atoms with Crippen molar-refractivity contribution < 1.29 is 0 Å². The zero-order valence-electron chi connectivity index (χ0n) is 9.90. The summed E-state index contributed by atoms with van der Waals surface area (Å²) < 4.78 is 0. The predicted molar refractivity (Wildman–Crippen MR) is 72.5 cm³/mol. The van der Waals surface area contributed by atoms with E-state index in [0.29, 0.717) is 5.92 Å². The van der Waals surface area contributed by atoms with Gasteiger partial charge in [0.15, 0.2) is 0 Å². The normalized spacial score (nSPS) is 8.07. The third kappa shape index (κ3) is 10.9. The average Bonchev–Trinajstić information content (AvgIpc) is 2.26. The molecule has 0 spiro atoms. The maximum absolute atomic E-state index is 4.14. The van der Waals surface area contributed by atoms with E-state index in [1.54, 1.807) is 6.20 Å². The first-order valence-corrected chi connectivity index (χ1v) is 5.25. The Morgan fingerprint density at radius 2 is 1.87 bits per heavy atom. The maximum atomic E-state index is 4.14. The van der Waals surface area contributed by atoms with E-state index in [9.17, 15) is 0 Å². The second-order valence-electron chi connectivity index (χ2n) is 3.09. The summed E-state index contributed by atoms with van der Waals surface area (Å²) in [5, 5.41) is 0. The average molecular weight is 223 g/mol. The first-order chi connectivity index (χ1) is 7.07. The molecule has 0 bridgehead atoms. The van der Waals surface area contributed by atoms with Crippen LogP contribution >= 0.6 is 12.6 Å². The number of aryl methyl sites for hydroxylation is 1. The van der Waals surface area contributed by atoms with Crippen LogP contribution in [0.25, 0.3) is 0 Å². The Kier molecular flexibility index (Phi) is 12.1. The highest BCUT2D eigenvalue weighted by Crippen LogP contribution is 2.06. The molecule has 0 aliphatic carbocycles. The number of pyridine rings is 1. The van der Waals surface area contributed by atoms with Crippen LogP contribution in [-0.2, 0) is 0 Å². The van der Waals surface area contributed by atoms with Gasteiger partial charge in [-0.1, -0.05) is 19.9 Å². The van der Waals surface area contributed by atoms with Crippen LogP contribution in [0.5, 0.6) is 0 Å². The minimum Gasteiger partial charge on any atom is -0.260 e. The largest absolute Gasteiger partial charge is 0.260 e. The Hall–Kier alpha value is -1.02. The number of hydrogen-bond donors (Lipinski definition) is 1. The van der Waals surface area contributed by atoms with E-state index in [2.05, 4.69) is 51.2 Å². The molecule has 1 aromatic rings. The highest BCUT2D eigenvalue weighted by atomic mass is 32.1. The van der Waals surface area contributed by atoms with Crippen LogP contribution in [0.2, 0.25) is 0 Å². The molecule has 15 heavy (non-hydrogen) atoms. The van der Waals surface area contributed by atoms with Crippen LogP contribution in [0, 0.1) is 12.8 Å². The van der Waals surface area contributed by atoms with Crippen molar-refractivity contribution in [3.63, 3.8) is 0 Å². The monoisotopic (exact) mass is 223 g/mol. The summed E-state index contributed by atoms with van der Waals surface area (Å²) in [6.07, 6.45) is 3.68. The minimum atomic E-state index is 0.648. The third-order valence-electron chi connectivity index (χ3n) is 1.45. The number of rotatable bonds is 1. The molecular weight excluding hydrogens is 202 g/mol. The Bertz CT molecular complexity index is 248. The van der Waals surface area contributed by atoms with Gasteiger partial charge in [0.05, 0.1) is 5.69 Å². The summed E-state index contributed by atoms with van der Waals surface area (Å²) in [6, 6.07) is 3.79. The molecule has 84 valence electrons. The van der Waals surface area contributed by atoms with Crippen molar-refractivity contribution in [2.24, 2.45) is 5.92 Å². The van der Waals surface area contributed by atoms with Crippen molar-refractivity contribution in [2.75, 3.05) is 0 Å². The predicted octanol–water partition coefficient (Wildman–Crippen LogP) is 4.31. The second-order valence-corrected chi connectivity index (χ2v) is 3.57. The van der Waals surface area contributed by atoms with E-state index >= 15 is 0 Å². The van der Waals surface area contributed by atoms with Gasteiger partial charge in [-0.2, -0.15) is 0 Å². The van der Waals surface area contributed by atoms with Gasteiger partial charge in [0.25, 0.3) is 0 Å². The summed E-state index contributed by atoms with van der Waals surface area (Å²) >= 11 is 4.14. The SMILES string of the molecule is C=C.C=CC(C)C.Cc1ncccc1S. The molecule has 0 N–H and O–H groups in total. The number of allylic oxidation sites excluding steroid dienone is 1. The van der Waals surface area contributed by atoms with Crippen LogP contribution in [0.4, 0.5) is 0 Å². The molecule has 1 aromatic heterocycles. The van der Waals surface area contributed by atoms with E-state index in [-0.39, 0.29) is 0 Å². The van der Waals surface area contributed by atoms with Crippen LogP contribution in [-0.4, -0.2) is 4.98 Å². The lowest BCUT2D eigenvalue weighted by Gasteiger charge is -1.91. The van der Waals surface area contributed by atoms with Crippen LogP contribution in [0.15, 0.2) is 49.0 Å².